The first-order valence-corrected chi connectivity index (χ1v) is 15.5. The van der Waals surface area contributed by atoms with Crippen LogP contribution in [0.4, 0.5) is 0 Å². The van der Waals surface area contributed by atoms with Crippen molar-refractivity contribution in [3.05, 3.63) is 59.2 Å². The number of nitrogens with zero attached hydrogens (tertiary/aromatic N) is 1. The molecule has 0 aliphatic heterocycles. The summed E-state index contributed by atoms with van der Waals surface area (Å²) in [6, 6.07) is 13.2. The molecule has 38 heavy (non-hydrogen) atoms. The Bertz CT molecular complexity index is 1300. The summed E-state index contributed by atoms with van der Waals surface area (Å²) in [7, 11) is -2.23. The average Bonchev–Trinajstić information content (AvgIpc) is 3.16. The highest BCUT2D eigenvalue weighted by atomic mass is 32.2. The Kier molecular flexibility index (Phi) is 7.38. The minimum atomic E-state index is -3.94. The summed E-state index contributed by atoms with van der Waals surface area (Å²) in [6.45, 7) is 6.48. The van der Waals surface area contributed by atoms with Gasteiger partial charge in [0.1, 0.15) is 5.75 Å². The summed E-state index contributed by atoms with van der Waals surface area (Å²) >= 11 is 0. The summed E-state index contributed by atoms with van der Waals surface area (Å²) in [4.78, 5) is 0.140. The molecule has 7 heteroatoms. The highest BCUT2D eigenvalue weighted by Crippen LogP contribution is 2.65. The van der Waals surface area contributed by atoms with Gasteiger partial charge in [-0.15, -0.1) is 4.40 Å². The number of fused-ring (bicyclic) bond motifs is 5. The Balaban J connectivity index is 1.41. The lowest BCUT2D eigenvalue weighted by Gasteiger charge is -2.53. The van der Waals surface area contributed by atoms with Crippen molar-refractivity contribution in [1.82, 2.24) is 0 Å². The van der Waals surface area contributed by atoms with E-state index in [0.717, 1.165) is 49.8 Å². The first-order valence-electron chi connectivity index (χ1n) is 14.0. The van der Waals surface area contributed by atoms with E-state index < -0.39 is 15.6 Å². The van der Waals surface area contributed by atoms with E-state index in [1.165, 1.54) is 11.1 Å². The van der Waals surface area contributed by atoms with Crippen molar-refractivity contribution in [2.75, 3.05) is 13.7 Å². The first kappa shape index (κ1) is 27.2. The van der Waals surface area contributed by atoms with Gasteiger partial charge in [-0.1, -0.05) is 37.6 Å². The first-order chi connectivity index (χ1) is 18.1. The van der Waals surface area contributed by atoms with Gasteiger partial charge in [0.05, 0.1) is 30.6 Å². The van der Waals surface area contributed by atoms with Crippen molar-refractivity contribution in [3.63, 3.8) is 0 Å². The van der Waals surface area contributed by atoms with E-state index >= 15 is 0 Å². The van der Waals surface area contributed by atoms with Crippen LogP contribution in [0.25, 0.3) is 0 Å². The van der Waals surface area contributed by atoms with E-state index in [4.69, 9.17) is 9.47 Å². The fourth-order valence-electron chi connectivity index (χ4n) is 7.56. The summed E-state index contributed by atoms with van der Waals surface area (Å²) in [5.74, 6) is 2.42. The standard InChI is InChI=1S/C31H41NO5S/c1-5-18-37-29(32-38(34,35)24-10-6-21(2)7-11-24)20-31(33)17-15-28-27-12-8-22-19-23(36-4)9-13-25(22)26(27)14-16-30(28,31)3/h6-7,9-11,13,19,26-28,33H,5,8,12,14-18,20H2,1-4H3/t26-,27-,28+,30+,31-/m1/s1. The third kappa shape index (κ3) is 4.77. The van der Waals surface area contributed by atoms with Crippen molar-refractivity contribution >= 4 is 15.9 Å². The van der Waals surface area contributed by atoms with Crippen molar-refractivity contribution < 1.29 is 23.0 Å². The monoisotopic (exact) mass is 539 g/mol. The Morgan fingerprint density at radius 3 is 2.58 bits per heavy atom. The van der Waals surface area contributed by atoms with Crippen LogP contribution in [0.1, 0.15) is 81.4 Å². The van der Waals surface area contributed by atoms with Gasteiger partial charge in [0.2, 0.25) is 5.90 Å². The van der Waals surface area contributed by atoms with Crippen LogP contribution < -0.4 is 4.74 Å². The predicted octanol–water partition coefficient (Wildman–Crippen LogP) is 6.19. The second-order valence-electron chi connectivity index (χ2n) is 11.8. The lowest BCUT2D eigenvalue weighted by atomic mass is 9.53. The van der Waals surface area contributed by atoms with E-state index in [1.807, 2.05) is 13.8 Å². The molecule has 1 N–H and O–H groups in total. The van der Waals surface area contributed by atoms with Crippen LogP contribution in [0.15, 0.2) is 51.8 Å². The molecular weight excluding hydrogens is 498 g/mol. The molecule has 3 aliphatic carbocycles. The van der Waals surface area contributed by atoms with E-state index in [1.54, 1.807) is 31.4 Å². The third-order valence-corrected chi connectivity index (χ3v) is 11.0. The number of hydrogen-bond donors (Lipinski definition) is 1. The molecule has 2 aromatic carbocycles. The maximum atomic E-state index is 13.2. The highest BCUT2D eigenvalue weighted by Gasteiger charge is 2.61. The molecule has 0 heterocycles. The number of methoxy groups -OCH3 is 1. The van der Waals surface area contributed by atoms with E-state index in [2.05, 4.69) is 29.5 Å². The van der Waals surface area contributed by atoms with Gasteiger partial charge in [0.25, 0.3) is 10.0 Å². The van der Waals surface area contributed by atoms with Gasteiger partial charge < -0.3 is 14.6 Å². The van der Waals surface area contributed by atoms with E-state index in [0.29, 0.717) is 30.8 Å². The quantitative estimate of drug-likeness (QED) is 0.335. The molecule has 0 aromatic heterocycles. The Labute approximate surface area is 227 Å². The van der Waals surface area contributed by atoms with Crippen molar-refractivity contribution in [2.24, 2.45) is 21.6 Å². The fourth-order valence-corrected chi connectivity index (χ4v) is 8.53. The normalized spacial score (nSPS) is 30.8. The van der Waals surface area contributed by atoms with Crippen molar-refractivity contribution in [2.45, 2.75) is 88.6 Å². The smallest absolute Gasteiger partial charge is 0.285 e. The number of hydrogen-bond acceptors (Lipinski definition) is 5. The minimum Gasteiger partial charge on any atom is -0.497 e. The summed E-state index contributed by atoms with van der Waals surface area (Å²) < 4.78 is 41.8. The van der Waals surface area contributed by atoms with Crippen LogP contribution in [0.5, 0.6) is 5.75 Å². The zero-order valence-electron chi connectivity index (χ0n) is 23.1. The predicted molar refractivity (Wildman–Crippen MR) is 149 cm³/mol. The van der Waals surface area contributed by atoms with Gasteiger partial charge in [-0.3, -0.25) is 0 Å². The Morgan fingerprint density at radius 1 is 1.11 bits per heavy atom. The number of sulfonamides is 1. The molecule has 6 nitrogen and oxygen atoms in total. The fraction of sp³-hybridized carbons (Fsp3) is 0.581. The molecule has 2 aromatic rings. The van der Waals surface area contributed by atoms with Crippen LogP contribution >= 0.6 is 0 Å². The molecule has 0 bridgehead atoms. The molecule has 206 valence electrons. The SMILES string of the molecule is CCCOC(C[C@]1(O)CC[C@H]2[C@@H]3CCc4cc(OC)ccc4[C@H]3CC[C@@]21C)=NS(=O)(=O)c1ccc(C)cc1. The number of benzene rings is 2. The van der Waals surface area contributed by atoms with Gasteiger partial charge >= 0.3 is 0 Å². The third-order valence-electron chi connectivity index (χ3n) is 9.71. The molecule has 0 amide bonds. The number of ether oxygens (including phenoxy) is 2. The number of rotatable bonds is 7. The summed E-state index contributed by atoms with van der Waals surface area (Å²) in [5, 5.41) is 12.2. The van der Waals surface area contributed by atoms with Crippen LogP contribution in [0.3, 0.4) is 0 Å². The highest BCUT2D eigenvalue weighted by molar-refractivity contribution is 7.90. The molecule has 0 spiro atoms. The molecule has 2 fully saturated rings. The zero-order chi connectivity index (χ0) is 27.1. The molecule has 0 saturated heterocycles. The maximum Gasteiger partial charge on any atom is 0.285 e. The van der Waals surface area contributed by atoms with E-state index in [-0.39, 0.29) is 22.6 Å². The molecule has 2 saturated carbocycles. The Hall–Kier alpha value is -2.38. The average molecular weight is 540 g/mol. The van der Waals surface area contributed by atoms with Crippen LogP contribution in [0.2, 0.25) is 0 Å². The molecule has 5 atom stereocenters. The zero-order valence-corrected chi connectivity index (χ0v) is 23.9. The lowest BCUT2D eigenvalue weighted by Crippen LogP contribution is -2.51. The molecule has 5 rings (SSSR count). The van der Waals surface area contributed by atoms with Crippen LogP contribution in [-0.2, 0) is 21.2 Å². The largest absolute Gasteiger partial charge is 0.497 e. The molecule has 0 radical (unpaired) electrons. The number of aliphatic hydroxyl groups is 1. The topological polar surface area (TPSA) is 85.2 Å². The van der Waals surface area contributed by atoms with Gasteiger partial charge in [0.15, 0.2) is 0 Å². The minimum absolute atomic E-state index is 0.121. The molecule has 0 unspecified atom stereocenters. The van der Waals surface area contributed by atoms with Crippen LogP contribution in [0, 0.1) is 24.2 Å². The lowest BCUT2D eigenvalue weighted by molar-refractivity contribution is -0.0998. The van der Waals surface area contributed by atoms with Gasteiger partial charge in [-0.05, 0) is 110 Å². The summed E-state index contributed by atoms with van der Waals surface area (Å²) in [6.07, 6.45) is 6.47. The van der Waals surface area contributed by atoms with Gasteiger partial charge in [-0.25, -0.2) is 0 Å². The van der Waals surface area contributed by atoms with Crippen molar-refractivity contribution in [3.8, 4) is 5.75 Å². The van der Waals surface area contributed by atoms with Crippen LogP contribution in [-0.4, -0.2) is 38.7 Å². The molecule has 3 aliphatic rings. The van der Waals surface area contributed by atoms with Gasteiger partial charge in [0, 0.05) is 0 Å². The second-order valence-corrected chi connectivity index (χ2v) is 13.4. The summed E-state index contributed by atoms with van der Waals surface area (Å²) in [5.41, 5.74) is 2.44. The number of aryl methyl sites for hydroxylation is 2. The molecular formula is C31H41NO5S. The van der Waals surface area contributed by atoms with Gasteiger partial charge in [-0.2, -0.15) is 8.42 Å². The Morgan fingerprint density at radius 2 is 1.87 bits per heavy atom. The maximum absolute atomic E-state index is 13.2. The van der Waals surface area contributed by atoms with Crippen molar-refractivity contribution in [1.29, 1.82) is 0 Å². The second kappa shape index (κ2) is 10.3. The van der Waals surface area contributed by atoms with E-state index in [9.17, 15) is 13.5 Å².